The molecule has 96 valence electrons. The first-order chi connectivity index (χ1) is 7.88. The minimum atomic E-state index is -0.592. The number of alkyl carbamates (subject to hydrolysis) is 1. The normalized spacial score (nSPS) is 28.2. The Hall–Kier alpha value is -1.30. The minimum absolute atomic E-state index is 0.0967. The van der Waals surface area contributed by atoms with Gasteiger partial charge in [-0.2, -0.15) is 0 Å². The number of nitrogens with zero attached hydrogens (tertiary/aromatic N) is 1. The van der Waals surface area contributed by atoms with E-state index in [9.17, 15) is 9.59 Å². The van der Waals surface area contributed by atoms with Gasteiger partial charge >= 0.3 is 6.09 Å². The van der Waals surface area contributed by atoms with Gasteiger partial charge in [-0.25, -0.2) is 4.79 Å². The predicted octanol–water partition coefficient (Wildman–Crippen LogP) is 0.468. The largest absolute Gasteiger partial charge is 0.444 e. The number of carbonyl (C=O) groups excluding carboxylic acids is 2. The topological polar surface area (TPSA) is 67.9 Å². The Morgan fingerprint density at radius 1 is 1.53 bits per heavy atom. The molecule has 2 heterocycles. The average molecular weight is 242 g/mol. The first-order valence-corrected chi connectivity index (χ1v) is 5.80. The molecule has 17 heavy (non-hydrogen) atoms. The zero-order valence-corrected chi connectivity index (χ0v) is 10.4. The van der Waals surface area contributed by atoms with E-state index in [0.717, 1.165) is 6.42 Å². The molecule has 0 aromatic heterocycles. The van der Waals surface area contributed by atoms with Crippen molar-refractivity contribution in [1.82, 2.24) is 10.2 Å². The molecule has 0 aromatic rings. The highest BCUT2D eigenvalue weighted by Crippen LogP contribution is 2.25. The molecule has 2 atom stereocenters. The third-order valence-corrected chi connectivity index (χ3v) is 2.65. The SMILES string of the molecule is CC(C)(C)OC(=O)N[C@@H]1C(=O)N2CCCO[C@@H]12. The van der Waals surface area contributed by atoms with Crippen LogP contribution in [0, 0.1) is 0 Å². The van der Waals surface area contributed by atoms with Gasteiger partial charge in [0.05, 0.1) is 6.61 Å². The fourth-order valence-corrected chi connectivity index (χ4v) is 1.95. The van der Waals surface area contributed by atoms with Gasteiger partial charge < -0.3 is 19.7 Å². The third kappa shape index (κ3) is 2.52. The van der Waals surface area contributed by atoms with E-state index in [-0.39, 0.29) is 12.1 Å². The van der Waals surface area contributed by atoms with Crippen molar-refractivity contribution in [2.75, 3.05) is 13.2 Å². The third-order valence-electron chi connectivity index (χ3n) is 2.65. The first kappa shape index (κ1) is 12.2. The number of fused-ring (bicyclic) bond motifs is 1. The number of β-lactam (4-membered cyclic amide) rings is 1. The Bertz CT molecular complexity index is 337. The van der Waals surface area contributed by atoms with Crippen molar-refractivity contribution in [3.63, 3.8) is 0 Å². The van der Waals surface area contributed by atoms with Gasteiger partial charge in [-0.3, -0.25) is 4.79 Å². The van der Waals surface area contributed by atoms with E-state index in [2.05, 4.69) is 5.32 Å². The number of amides is 2. The number of hydrogen-bond acceptors (Lipinski definition) is 4. The van der Waals surface area contributed by atoms with E-state index in [4.69, 9.17) is 9.47 Å². The van der Waals surface area contributed by atoms with E-state index in [1.165, 1.54) is 0 Å². The molecule has 2 aliphatic rings. The Balaban J connectivity index is 1.87. The van der Waals surface area contributed by atoms with Crippen LogP contribution in [0.3, 0.4) is 0 Å². The van der Waals surface area contributed by atoms with Crippen LogP contribution in [0.15, 0.2) is 0 Å². The Morgan fingerprint density at radius 2 is 2.24 bits per heavy atom. The van der Waals surface area contributed by atoms with Crippen molar-refractivity contribution in [3.8, 4) is 0 Å². The molecule has 0 saturated carbocycles. The zero-order valence-electron chi connectivity index (χ0n) is 10.4. The van der Waals surface area contributed by atoms with Crippen LogP contribution in [0.5, 0.6) is 0 Å². The molecular formula is C11H18N2O4. The zero-order chi connectivity index (χ0) is 12.6. The second-order valence-corrected chi connectivity index (χ2v) is 5.27. The average Bonchev–Trinajstić information content (AvgIpc) is 2.23. The lowest BCUT2D eigenvalue weighted by atomic mass is 10.0. The summed E-state index contributed by atoms with van der Waals surface area (Å²) in [5.41, 5.74) is -0.565. The molecule has 0 aromatic carbocycles. The molecule has 2 amide bonds. The number of hydrogen-bond donors (Lipinski definition) is 1. The second kappa shape index (κ2) is 4.18. The van der Waals surface area contributed by atoms with Crippen LogP contribution < -0.4 is 5.32 Å². The van der Waals surface area contributed by atoms with Gasteiger partial charge in [0.1, 0.15) is 5.60 Å². The highest BCUT2D eigenvalue weighted by Gasteiger charge is 2.50. The summed E-state index contributed by atoms with van der Waals surface area (Å²) in [5.74, 6) is -0.0967. The van der Waals surface area contributed by atoms with E-state index in [1.807, 2.05) is 0 Å². The van der Waals surface area contributed by atoms with Gasteiger partial charge in [-0.15, -0.1) is 0 Å². The number of ether oxygens (including phenoxy) is 2. The van der Waals surface area contributed by atoms with E-state index in [1.54, 1.807) is 25.7 Å². The monoisotopic (exact) mass is 242 g/mol. The summed E-state index contributed by atoms with van der Waals surface area (Å²) in [4.78, 5) is 24.8. The van der Waals surface area contributed by atoms with Crippen molar-refractivity contribution in [2.24, 2.45) is 0 Å². The molecule has 0 unspecified atom stereocenters. The van der Waals surface area contributed by atoms with Crippen LogP contribution in [-0.4, -0.2) is 47.9 Å². The maximum absolute atomic E-state index is 11.7. The lowest BCUT2D eigenvalue weighted by molar-refractivity contribution is -0.195. The van der Waals surface area contributed by atoms with Gasteiger partial charge in [-0.05, 0) is 27.2 Å². The van der Waals surface area contributed by atoms with Gasteiger partial charge in [0.25, 0.3) is 5.91 Å². The van der Waals surface area contributed by atoms with Crippen LogP contribution >= 0.6 is 0 Å². The fraction of sp³-hybridized carbons (Fsp3) is 0.818. The lowest BCUT2D eigenvalue weighted by Crippen LogP contribution is -2.73. The van der Waals surface area contributed by atoms with Gasteiger partial charge in [0.15, 0.2) is 12.3 Å². The molecule has 0 bridgehead atoms. The standard InChI is InChI=1S/C11H18N2O4/c1-11(2,3)17-10(15)12-7-8(14)13-5-4-6-16-9(7)13/h7,9H,4-6H2,1-3H3,(H,12,15)/t7-,9+/m1/s1. The van der Waals surface area contributed by atoms with Gasteiger partial charge in [0.2, 0.25) is 0 Å². The molecule has 0 aliphatic carbocycles. The molecule has 6 nitrogen and oxygen atoms in total. The summed E-state index contributed by atoms with van der Waals surface area (Å²) in [6.45, 7) is 6.66. The number of rotatable bonds is 1. The summed E-state index contributed by atoms with van der Waals surface area (Å²) >= 11 is 0. The minimum Gasteiger partial charge on any atom is -0.444 e. The summed E-state index contributed by atoms with van der Waals surface area (Å²) in [7, 11) is 0. The first-order valence-electron chi connectivity index (χ1n) is 5.80. The molecule has 1 N–H and O–H groups in total. The molecule has 2 saturated heterocycles. The quantitative estimate of drug-likeness (QED) is 0.679. The van der Waals surface area contributed by atoms with E-state index >= 15 is 0 Å². The highest BCUT2D eigenvalue weighted by atomic mass is 16.6. The van der Waals surface area contributed by atoms with Gasteiger partial charge in [-0.1, -0.05) is 0 Å². The maximum Gasteiger partial charge on any atom is 0.408 e. The van der Waals surface area contributed by atoms with Crippen LogP contribution in [-0.2, 0) is 14.3 Å². The number of nitrogens with one attached hydrogen (secondary N) is 1. The number of carbonyl (C=O) groups is 2. The molecule has 2 aliphatic heterocycles. The second-order valence-electron chi connectivity index (χ2n) is 5.27. The highest BCUT2D eigenvalue weighted by molar-refractivity contribution is 5.92. The summed E-state index contributed by atoms with van der Waals surface area (Å²) in [5, 5.41) is 2.54. The Kier molecular flexibility index (Phi) is 2.99. The van der Waals surface area contributed by atoms with Crippen LogP contribution in [0.4, 0.5) is 4.79 Å². The summed E-state index contributed by atoms with van der Waals surface area (Å²) in [6.07, 6.45) is -0.0464. The predicted molar refractivity (Wildman–Crippen MR) is 59.2 cm³/mol. The Labute approximate surface area is 100 Å². The van der Waals surface area contributed by atoms with E-state index in [0.29, 0.717) is 13.2 Å². The van der Waals surface area contributed by atoms with Crippen LogP contribution in [0.25, 0.3) is 0 Å². The smallest absolute Gasteiger partial charge is 0.408 e. The van der Waals surface area contributed by atoms with Crippen molar-refractivity contribution >= 4 is 12.0 Å². The van der Waals surface area contributed by atoms with Crippen molar-refractivity contribution in [2.45, 2.75) is 45.1 Å². The molecular weight excluding hydrogens is 224 g/mol. The van der Waals surface area contributed by atoms with Crippen LogP contribution in [0.1, 0.15) is 27.2 Å². The Morgan fingerprint density at radius 3 is 2.88 bits per heavy atom. The van der Waals surface area contributed by atoms with Gasteiger partial charge in [0, 0.05) is 6.54 Å². The molecule has 2 rings (SSSR count). The fourth-order valence-electron chi connectivity index (χ4n) is 1.95. The molecule has 0 radical (unpaired) electrons. The van der Waals surface area contributed by atoms with Crippen molar-refractivity contribution in [1.29, 1.82) is 0 Å². The van der Waals surface area contributed by atoms with Crippen molar-refractivity contribution < 1.29 is 19.1 Å². The molecule has 2 fully saturated rings. The molecule has 0 spiro atoms. The van der Waals surface area contributed by atoms with Crippen molar-refractivity contribution in [3.05, 3.63) is 0 Å². The maximum atomic E-state index is 11.7. The molecule has 6 heteroatoms. The van der Waals surface area contributed by atoms with Crippen LogP contribution in [0.2, 0.25) is 0 Å². The van der Waals surface area contributed by atoms with E-state index < -0.39 is 17.7 Å². The lowest BCUT2D eigenvalue weighted by Gasteiger charge is -2.48. The summed E-state index contributed by atoms with van der Waals surface area (Å²) < 4.78 is 10.5. The summed E-state index contributed by atoms with van der Waals surface area (Å²) in [6, 6.07) is -0.592.